The van der Waals surface area contributed by atoms with Crippen LogP contribution >= 0.6 is 11.6 Å². The lowest BCUT2D eigenvalue weighted by Crippen LogP contribution is -2.45. The van der Waals surface area contributed by atoms with Crippen LogP contribution in [0.25, 0.3) is 0 Å². The first-order valence-electron chi connectivity index (χ1n) is 9.48. The Kier molecular flexibility index (Phi) is 7.19. The van der Waals surface area contributed by atoms with Gasteiger partial charge in [0.05, 0.1) is 12.8 Å². The molecule has 1 aromatic carbocycles. The van der Waals surface area contributed by atoms with Gasteiger partial charge in [0.15, 0.2) is 5.96 Å². The molecule has 1 aliphatic heterocycles. The molecule has 1 aromatic heterocycles. The monoisotopic (exact) mass is 403 g/mol. The van der Waals surface area contributed by atoms with E-state index in [9.17, 15) is 4.79 Å². The molecule has 3 rings (SSSR count). The summed E-state index contributed by atoms with van der Waals surface area (Å²) in [6.45, 7) is 4.95. The highest BCUT2D eigenvalue weighted by molar-refractivity contribution is 6.30. The van der Waals surface area contributed by atoms with Gasteiger partial charge in [-0.25, -0.2) is 4.99 Å². The van der Waals surface area contributed by atoms with Crippen LogP contribution in [-0.4, -0.2) is 44.1 Å². The van der Waals surface area contributed by atoms with Crippen molar-refractivity contribution < 1.29 is 9.21 Å². The number of rotatable bonds is 7. The maximum atomic E-state index is 12.0. The van der Waals surface area contributed by atoms with Crippen molar-refractivity contribution in [3.8, 4) is 0 Å². The largest absolute Gasteiger partial charge is 0.467 e. The first kappa shape index (κ1) is 20.1. The summed E-state index contributed by atoms with van der Waals surface area (Å²) in [5, 5.41) is 10.2. The third-order valence-electron chi connectivity index (χ3n) is 4.47. The number of halogens is 1. The number of carbonyl (C=O) groups excluding carboxylic acids is 1. The Bertz CT molecular complexity index is 794. The van der Waals surface area contributed by atoms with Crippen molar-refractivity contribution in [2.24, 2.45) is 4.99 Å². The molecule has 0 saturated carbocycles. The van der Waals surface area contributed by atoms with Crippen LogP contribution < -0.4 is 20.9 Å². The molecule has 1 amide bonds. The summed E-state index contributed by atoms with van der Waals surface area (Å²) in [5.41, 5.74) is 1.12. The van der Waals surface area contributed by atoms with Crippen LogP contribution in [0, 0.1) is 0 Å². The number of hydrogen-bond donors (Lipinski definition) is 3. The molecular formula is C20H26ClN5O2. The highest BCUT2D eigenvalue weighted by Crippen LogP contribution is 2.23. The van der Waals surface area contributed by atoms with Gasteiger partial charge in [-0.1, -0.05) is 17.7 Å². The van der Waals surface area contributed by atoms with E-state index in [0.29, 0.717) is 12.5 Å². The quantitative estimate of drug-likeness (QED) is 0.488. The molecule has 3 N–H and O–H groups in total. The summed E-state index contributed by atoms with van der Waals surface area (Å²) in [4.78, 5) is 18.7. The van der Waals surface area contributed by atoms with E-state index in [1.54, 1.807) is 12.3 Å². The lowest BCUT2D eigenvalue weighted by atomic mass is 10.3. The van der Waals surface area contributed by atoms with Crippen LogP contribution in [0.5, 0.6) is 0 Å². The Labute approximate surface area is 170 Å². The fraction of sp³-hybridized carbons (Fsp3) is 0.400. The number of furan rings is 1. The molecule has 0 radical (unpaired) electrons. The molecule has 1 unspecified atom stereocenters. The first-order valence-corrected chi connectivity index (χ1v) is 9.86. The maximum Gasteiger partial charge on any atom is 0.242 e. The van der Waals surface area contributed by atoms with E-state index in [1.165, 1.54) is 0 Å². The van der Waals surface area contributed by atoms with E-state index in [2.05, 4.69) is 31.9 Å². The van der Waals surface area contributed by atoms with Crippen LogP contribution in [0.15, 0.2) is 52.1 Å². The van der Waals surface area contributed by atoms with E-state index >= 15 is 0 Å². The molecule has 8 heteroatoms. The number of anilines is 1. The summed E-state index contributed by atoms with van der Waals surface area (Å²) in [6, 6.07) is 11.8. The molecule has 1 atom stereocenters. The molecule has 0 bridgehead atoms. The number of guanidine groups is 1. The molecule has 150 valence electrons. The van der Waals surface area contributed by atoms with Crippen molar-refractivity contribution in [1.82, 2.24) is 16.0 Å². The first-order chi connectivity index (χ1) is 13.6. The summed E-state index contributed by atoms with van der Waals surface area (Å²) in [7, 11) is 0. The van der Waals surface area contributed by atoms with Gasteiger partial charge in [0.25, 0.3) is 0 Å². The van der Waals surface area contributed by atoms with Gasteiger partial charge >= 0.3 is 0 Å². The SMILES string of the molecule is CCNC(=NCC(=O)NCc1ccco1)NC1CCN(c2cccc(Cl)c2)C1. The molecule has 1 saturated heterocycles. The Hall–Kier alpha value is -2.67. The van der Waals surface area contributed by atoms with Gasteiger partial charge in [0.1, 0.15) is 12.3 Å². The smallest absolute Gasteiger partial charge is 0.242 e. The van der Waals surface area contributed by atoms with Crippen LogP contribution in [0.4, 0.5) is 5.69 Å². The lowest BCUT2D eigenvalue weighted by molar-refractivity contribution is -0.119. The number of hydrogen-bond acceptors (Lipinski definition) is 4. The van der Waals surface area contributed by atoms with Gasteiger partial charge < -0.3 is 25.3 Å². The molecule has 0 aliphatic carbocycles. The minimum absolute atomic E-state index is 0.0563. The Morgan fingerprint density at radius 2 is 2.21 bits per heavy atom. The van der Waals surface area contributed by atoms with E-state index in [0.717, 1.165) is 42.5 Å². The van der Waals surface area contributed by atoms with E-state index < -0.39 is 0 Å². The predicted octanol–water partition coefficient (Wildman–Crippen LogP) is 2.38. The fourth-order valence-electron chi connectivity index (χ4n) is 3.10. The van der Waals surface area contributed by atoms with Crippen LogP contribution in [0.1, 0.15) is 19.1 Å². The zero-order valence-corrected chi connectivity index (χ0v) is 16.7. The average molecular weight is 404 g/mol. The van der Waals surface area contributed by atoms with Gasteiger partial charge in [-0.2, -0.15) is 0 Å². The van der Waals surface area contributed by atoms with Gasteiger partial charge in [-0.15, -0.1) is 0 Å². The second-order valence-corrected chi connectivity index (χ2v) is 7.04. The Morgan fingerprint density at radius 1 is 1.32 bits per heavy atom. The van der Waals surface area contributed by atoms with E-state index in [1.807, 2.05) is 31.2 Å². The van der Waals surface area contributed by atoms with Crippen molar-refractivity contribution in [1.29, 1.82) is 0 Å². The number of amides is 1. The number of aliphatic imine (C=N–C) groups is 1. The molecule has 2 aromatic rings. The molecule has 2 heterocycles. The van der Waals surface area contributed by atoms with Crippen molar-refractivity contribution in [3.05, 3.63) is 53.4 Å². The second kappa shape index (κ2) is 10.0. The zero-order chi connectivity index (χ0) is 19.8. The van der Waals surface area contributed by atoms with Gasteiger partial charge in [-0.3, -0.25) is 4.79 Å². The Morgan fingerprint density at radius 3 is 2.96 bits per heavy atom. The van der Waals surface area contributed by atoms with Crippen LogP contribution in [-0.2, 0) is 11.3 Å². The molecule has 0 spiro atoms. The third kappa shape index (κ3) is 5.92. The molecule has 28 heavy (non-hydrogen) atoms. The number of nitrogens with one attached hydrogen (secondary N) is 3. The minimum Gasteiger partial charge on any atom is -0.467 e. The maximum absolute atomic E-state index is 12.0. The summed E-state index contributed by atoms with van der Waals surface area (Å²) >= 11 is 6.10. The fourth-order valence-corrected chi connectivity index (χ4v) is 3.29. The highest BCUT2D eigenvalue weighted by atomic mass is 35.5. The van der Waals surface area contributed by atoms with Crippen LogP contribution in [0.3, 0.4) is 0 Å². The summed E-state index contributed by atoms with van der Waals surface area (Å²) in [6.07, 6.45) is 2.57. The minimum atomic E-state index is -0.152. The standard InChI is InChI=1S/C20H26ClN5O2/c1-2-22-20(24-13-19(27)23-12-18-7-4-10-28-18)25-16-8-9-26(14-16)17-6-3-5-15(21)11-17/h3-7,10-11,16H,2,8-9,12-14H2,1H3,(H,23,27)(H2,22,24,25). The third-order valence-corrected chi connectivity index (χ3v) is 4.70. The van der Waals surface area contributed by atoms with Gasteiger partial charge in [-0.05, 0) is 43.7 Å². The molecular weight excluding hydrogens is 378 g/mol. The second-order valence-electron chi connectivity index (χ2n) is 6.61. The highest BCUT2D eigenvalue weighted by Gasteiger charge is 2.23. The van der Waals surface area contributed by atoms with E-state index in [4.69, 9.17) is 16.0 Å². The zero-order valence-electron chi connectivity index (χ0n) is 16.0. The number of benzene rings is 1. The summed E-state index contributed by atoms with van der Waals surface area (Å²) in [5.74, 6) is 1.21. The number of nitrogens with zero attached hydrogens (tertiary/aromatic N) is 2. The molecule has 7 nitrogen and oxygen atoms in total. The Balaban J connectivity index is 1.49. The van der Waals surface area contributed by atoms with Crippen molar-refractivity contribution in [2.45, 2.75) is 25.9 Å². The van der Waals surface area contributed by atoms with Gasteiger partial charge in [0, 0.05) is 36.4 Å². The number of carbonyl (C=O) groups is 1. The van der Waals surface area contributed by atoms with Crippen molar-refractivity contribution in [2.75, 3.05) is 31.1 Å². The topological polar surface area (TPSA) is 81.9 Å². The van der Waals surface area contributed by atoms with Crippen molar-refractivity contribution in [3.63, 3.8) is 0 Å². The molecule has 1 fully saturated rings. The van der Waals surface area contributed by atoms with Crippen LogP contribution in [0.2, 0.25) is 5.02 Å². The lowest BCUT2D eigenvalue weighted by Gasteiger charge is -2.20. The van der Waals surface area contributed by atoms with Gasteiger partial charge in [0.2, 0.25) is 5.91 Å². The normalized spacial score (nSPS) is 16.9. The molecule has 1 aliphatic rings. The summed E-state index contributed by atoms with van der Waals surface area (Å²) < 4.78 is 5.20. The average Bonchev–Trinajstić information content (AvgIpc) is 3.37. The predicted molar refractivity (Wildman–Crippen MR) is 112 cm³/mol. The van der Waals surface area contributed by atoms with E-state index in [-0.39, 0.29) is 18.5 Å². The van der Waals surface area contributed by atoms with Crippen molar-refractivity contribution >= 4 is 29.2 Å².